The summed E-state index contributed by atoms with van der Waals surface area (Å²) in [5.74, 6) is -0.359. The predicted octanol–water partition coefficient (Wildman–Crippen LogP) is 1.40. The number of urea groups is 1. The molecule has 0 aliphatic carbocycles. The number of para-hydroxylation sites is 1. The number of hydrogen-bond donors (Lipinski definition) is 3. The summed E-state index contributed by atoms with van der Waals surface area (Å²) in [5.41, 5.74) is 14.5. The predicted molar refractivity (Wildman–Crippen MR) is 87.4 cm³/mol. The third-order valence-corrected chi connectivity index (χ3v) is 4.00. The Balaban J connectivity index is 2.14. The number of anilines is 1. The van der Waals surface area contributed by atoms with Gasteiger partial charge in [0.05, 0.1) is 5.69 Å². The Kier molecular flexibility index (Phi) is 4.10. The van der Waals surface area contributed by atoms with Gasteiger partial charge in [0.25, 0.3) is 5.91 Å². The van der Waals surface area contributed by atoms with Crippen molar-refractivity contribution in [3.8, 4) is 0 Å². The average molecular weight is 310 g/mol. The van der Waals surface area contributed by atoms with Gasteiger partial charge in [-0.2, -0.15) is 0 Å². The first-order valence-electron chi connectivity index (χ1n) is 7.37. The summed E-state index contributed by atoms with van der Waals surface area (Å²) in [4.78, 5) is 26.2. The Hall–Kier alpha value is -2.70. The van der Waals surface area contributed by atoms with Crippen LogP contribution in [0.4, 0.5) is 10.5 Å². The number of carbonyl (C=O) groups excluding carboxylic acids is 2. The first-order valence-corrected chi connectivity index (χ1v) is 7.37. The summed E-state index contributed by atoms with van der Waals surface area (Å²) in [6.07, 6.45) is 0. The highest BCUT2D eigenvalue weighted by atomic mass is 16.2. The molecule has 0 radical (unpaired) electrons. The molecule has 1 atom stereocenters. The second-order valence-electron chi connectivity index (χ2n) is 5.30. The van der Waals surface area contributed by atoms with Crippen molar-refractivity contribution >= 4 is 17.6 Å². The van der Waals surface area contributed by atoms with Gasteiger partial charge in [-0.15, -0.1) is 0 Å². The molecule has 6 nitrogen and oxygen atoms in total. The third-order valence-electron chi connectivity index (χ3n) is 4.00. The van der Waals surface area contributed by atoms with E-state index in [1.54, 1.807) is 6.07 Å². The smallest absolute Gasteiger partial charge is 0.326 e. The van der Waals surface area contributed by atoms with Gasteiger partial charge >= 0.3 is 6.03 Å². The molecule has 6 heteroatoms. The number of hydrogen-bond acceptors (Lipinski definition) is 4. The van der Waals surface area contributed by atoms with Gasteiger partial charge in [-0.3, -0.25) is 15.0 Å². The lowest BCUT2D eigenvalue weighted by molar-refractivity contribution is -0.119. The van der Waals surface area contributed by atoms with Gasteiger partial charge in [0, 0.05) is 13.1 Å². The van der Waals surface area contributed by atoms with Crippen LogP contribution in [0.15, 0.2) is 48.5 Å². The summed E-state index contributed by atoms with van der Waals surface area (Å²) < 4.78 is 0. The summed E-state index contributed by atoms with van der Waals surface area (Å²) >= 11 is 0. The van der Waals surface area contributed by atoms with Gasteiger partial charge in [-0.25, -0.2) is 4.79 Å². The molecule has 1 saturated heterocycles. The third kappa shape index (κ3) is 2.58. The first-order chi connectivity index (χ1) is 11.2. The highest BCUT2D eigenvalue weighted by molar-refractivity contribution is 6.14. The molecule has 1 unspecified atom stereocenters. The van der Waals surface area contributed by atoms with Gasteiger partial charge in [0.2, 0.25) is 0 Å². The summed E-state index contributed by atoms with van der Waals surface area (Å²) in [5, 5.41) is 2.38. The van der Waals surface area contributed by atoms with Crippen LogP contribution in [0.5, 0.6) is 0 Å². The Morgan fingerprint density at radius 3 is 2.22 bits per heavy atom. The summed E-state index contributed by atoms with van der Waals surface area (Å²) in [6, 6.07) is 13.5. The molecule has 0 saturated carbocycles. The lowest BCUT2D eigenvalue weighted by Crippen LogP contribution is -2.31. The first kappa shape index (κ1) is 15.2. The van der Waals surface area contributed by atoms with Crippen molar-refractivity contribution in [3.05, 3.63) is 65.2 Å². The van der Waals surface area contributed by atoms with Gasteiger partial charge in [0.1, 0.15) is 6.04 Å². The second kappa shape index (κ2) is 6.20. The minimum Gasteiger partial charge on any atom is -0.326 e. The monoisotopic (exact) mass is 310 g/mol. The zero-order valence-electron chi connectivity index (χ0n) is 12.5. The molecule has 3 rings (SSSR count). The van der Waals surface area contributed by atoms with E-state index in [9.17, 15) is 9.59 Å². The molecule has 5 N–H and O–H groups in total. The molecular weight excluding hydrogens is 292 g/mol. The van der Waals surface area contributed by atoms with E-state index in [1.165, 1.54) is 4.90 Å². The Morgan fingerprint density at radius 2 is 1.52 bits per heavy atom. The number of nitrogens with two attached hydrogens (primary N) is 2. The number of nitrogens with zero attached hydrogens (tertiary/aromatic N) is 1. The molecular formula is C17H18N4O2. The largest absolute Gasteiger partial charge is 0.329 e. The number of rotatable bonds is 4. The molecule has 23 heavy (non-hydrogen) atoms. The molecule has 118 valence electrons. The van der Waals surface area contributed by atoms with Crippen LogP contribution in [0.3, 0.4) is 0 Å². The summed E-state index contributed by atoms with van der Waals surface area (Å²) in [6.45, 7) is 0.569. The van der Waals surface area contributed by atoms with Crippen molar-refractivity contribution in [3.63, 3.8) is 0 Å². The molecule has 0 bridgehead atoms. The zero-order chi connectivity index (χ0) is 16.4. The summed E-state index contributed by atoms with van der Waals surface area (Å²) in [7, 11) is 0. The van der Waals surface area contributed by atoms with E-state index in [2.05, 4.69) is 5.32 Å². The van der Waals surface area contributed by atoms with Crippen LogP contribution in [-0.2, 0) is 17.9 Å². The highest BCUT2D eigenvalue weighted by Gasteiger charge is 2.41. The molecule has 1 aliphatic rings. The Labute approximate surface area is 134 Å². The van der Waals surface area contributed by atoms with E-state index in [-0.39, 0.29) is 12.5 Å². The fourth-order valence-corrected chi connectivity index (χ4v) is 2.90. The van der Waals surface area contributed by atoms with Gasteiger partial charge in [-0.1, -0.05) is 42.5 Å². The van der Waals surface area contributed by atoms with Crippen LogP contribution in [0.1, 0.15) is 22.7 Å². The molecule has 3 amide bonds. The molecule has 0 spiro atoms. The molecule has 0 aromatic heterocycles. The number of amides is 3. The van der Waals surface area contributed by atoms with Crippen LogP contribution in [0.25, 0.3) is 0 Å². The normalized spacial score (nSPS) is 17.5. The second-order valence-corrected chi connectivity index (χ2v) is 5.30. The van der Waals surface area contributed by atoms with Crippen molar-refractivity contribution in [1.82, 2.24) is 5.32 Å². The van der Waals surface area contributed by atoms with Gasteiger partial charge < -0.3 is 11.5 Å². The maximum absolute atomic E-state index is 12.4. The maximum Gasteiger partial charge on any atom is 0.329 e. The molecule has 1 heterocycles. The van der Waals surface area contributed by atoms with Gasteiger partial charge in [0.15, 0.2) is 0 Å². The van der Waals surface area contributed by atoms with Crippen molar-refractivity contribution in [1.29, 1.82) is 0 Å². The Morgan fingerprint density at radius 1 is 0.913 bits per heavy atom. The van der Waals surface area contributed by atoms with Crippen LogP contribution in [0, 0.1) is 0 Å². The molecule has 1 aliphatic heterocycles. The number of benzene rings is 2. The van der Waals surface area contributed by atoms with Crippen LogP contribution in [-0.4, -0.2) is 11.9 Å². The Bertz CT molecular complexity index is 696. The van der Waals surface area contributed by atoms with E-state index in [0.29, 0.717) is 12.2 Å². The highest BCUT2D eigenvalue weighted by Crippen LogP contribution is 2.34. The van der Waals surface area contributed by atoms with Crippen LogP contribution >= 0.6 is 0 Å². The molecule has 1 fully saturated rings. The lowest BCUT2D eigenvalue weighted by atomic mass is 9.98. The van der Waals surface area contributed by atoms with Crippen molar-refractivity contribution in [2.75, 3.05) is 4.90 Å². The zero-order valence-corrected chi connectivity index (χ0v) is 12.5. The number of imide groups is 1. The van der Waals surface area contributed by atoms with Crippen molar-refractivity contribution in [2.45, 2.75) is 19.1 Å². The van der Waals surface area contributed by atoms with Crippen molar-refractivity contribution < 1.29 is 9.59 Å². The standard InChI is InChI=1S/C17H18N4O2/c18-9-11-5-1-3-7-13(11)15-16(22)20-17(23)21(15)14-8-4-2-6-12(14)10-19/h1-8,15H,9-10,18-19H2,(H,20,22,23). The quantitative estimate of drug-likeness (QED) is 0.743. The van der Waals surface area contributed by atoms with Crippen LogP contribution < -0.4 is 21.7 Å². The fourth-order valence-electron chi connectivity index (χ4n) is 2.90. The van der Waals surface area contributed by atoms with Gasteiger partial charge in [-0.05, 0) is 22.8 Å². The number of nitrogens with one attached hydrogen (secondary N) is 1. The molecule has 2 aromatic carbocycles. The van der Waals surface area contributed by atoms with E-state index in [1.807, 2.05) is 42.5 Å². The maximum atomic E-state index is 12.4. The van der Waals surface area contributed by atoms with Crippen molar-refractivity contribution in [2.24, 2.45) is 11.5 Å². The lowest BCUT2D eigenvalue weighted by Gasteiger charge is -2.25. The topological polar surface area (TPSA) is 101 Å². The SMILES string of the molecule is NCc1ccccc1C1C(=O)NC(=O)N1c1ccccc1CN. The number of carbonyl (C=O) groups is 2. The minimum atomic E-state index is -0.741. The van der Waals surface area contributed by atoms with Crippen LogP contribution in [0.2, 0.25) is 0 Å². The molecule has 2 aromatic rings. The van der Waals surface area contributed by atoms with E-state index in [4.69, 9.17) is 11.5 Å². The van der Waals surface area contributed by atoms with E-state index < -0.39 is 12.1 Å². The minimum absolute atomic E-state index is 0.277. The van der Waals surface area contributed by atoms with E-state index >= 15 is 0 Å². The fraction of sp³-hybridized carbons (Fsp3) is 0.176. The van der Waals surface area contributed by atoms with E-state index in [0.717, 1.165) is 16.7 Å². The average Bonchev–Trinajstić information content (AvgIpc) is 2.88.